The number of benzene rings is 1. The number of amides is 1. The molecule has 1 unspecified atom stereocenters. The van der Waals surface area contributed by atoms with Crippen molar-refractivity contribution in [3.63, 3.8) is 0 Å². The Kier molecular flexibility index (Phi) is 7.42. The van der Waals surface area contributed by atoms with E-state index in [1.807, 2.05) is 0 Å². The summed E-state index contributed by atoms with van der Waals surface area (Å²) < 4.78 is 10.8. The molecule has 2 heterocycles. The number of nitrogens with zero attached hydrogens (tertiary/aromatic N) is 2. The number of hydrogen-bond acceptors (Lipinski definition) is 6. The first-order valence-corrected chi connectivity index (χ1v) is 10.2. The van der Waals surface area contributed by atoms with Crippen LogP contribution in [0.3, 0.4) is 0 Å². The lowest BCUT2D eigenvalue weighted by Gasteiger charge is -2.40. The molecule has 0 aliphatic carbocycles. The summed E-state index contributed by atoms with van der Waals surface area (Å²) in [5.41, 5.74) is -1.09. The molecule has 0 radical (unpaired) electrons. The van der Waals surface area contributed by atoms with Gasteiger partial charge in [0.15, 0.2) is 6.61 Å². The molecule has 1 aromatic rings. The summed E-state index contributed by atoms with van der Waals surface area (Å²) in [6.45, 7) is 3.59. The van der Waals surface area contributed by atoms with E-state index in [1.54, 1.807) is 23.1 Å². The van der Waals surface area contributed by atoms with Gasteiger partial charge >= 0.3 is 0 Å². The molecule has 1 atom stereocenters. The van der Waals surface area contributed by atoms with Crippen LogP contribution in [-0.4, -0.2) is 90.2 Å². The van der Waals surface area contributed by atoms with Crippen LogP contribution < -0.4 is 4.74 Å². The first-order chi connectivity index (χ1) is 13.4. The smallest absolute Gasteiger partial charge is 0.260 e. The van der Waals surface area contributed by atoms with Gasteiger partial charge in [0.1, 0.15) is 5.75 Å². The van der Waals surface area contributed by atoms with E-state index >= 15 is 0 Å². The molecule has 3 rings (SSSR count). The van der Waals surface area contributed by atoms with Gasteiger partial charge in [0.25, 0.3) is 5.91 Å². The number of hydrogen-bond donors (Lipinski definition) is 2. The summed E-state index contributed by atoms with van der Waals surface area (Å²) in [6, 6.07) is 4.86. The van der Waals surface area contributed by atoms with Gasteiger partial charge in [-0.2, -0.15) is 0 Å². The van der Waals surface area contributed by atoms with E-state index in [0.717, 1.165) is 0 Å². The largest absolute Gasteiger partial charge is 0.482 e. The van der Waals surface area contributed by atoms with Crippen LogP contribution in [0.5, 0.6) is 5.75 Å². The van der Waals surface area contributed by atoms with Crippen molar-refractivity contribution < 1.29 is 24.5 Å². The highest BCUT2D eigenvalue weighted by molar-refractivity contribution is 6.35. The number of halogens is 2. The minimum Gasteiger partial charge on any atom is -0.482 e. The van der Waals surface area contributed by atoms with Crippen molar-refractivity contribution in [2.24, 2.45) is 0 Å². The lowest BCUT2D eigenvalue weighted by Crippen LogP contribution is -2.56. The number of aliphatic hydroxyl groups excluding tert-OH is 1. The Morgan fingerprint density at radius 1 is 1.21 bits per heavy atom. The zero-order valence-corrected chi connectivity index (χ0v) is 17.2. The van der Waals surface area contributed by atoms with Crippen molar-refractivity contribution in [1.29, 1.82) is 0 Å². The highest BCUT2D eigenvalue weighted by Crippen LogP contribution is 2.28. The van der Waals surface area contributed by atoms with Crippen molar-refractivity contribution in [3.05, 3.63) is 28.2 Å². The Morgan fingerprint density at radius 3 is 2.54 bits per heavy atom. The van der Waals surface area contributed by atoms with Crippen LogP contribution in [0.2, 0.25) is 10.0 Å². The lowest BCUT2D eigenvalue weighted by atomic mass is 9.88. The Labute approximate surface area is 174 Å². The molecule has 0 saturated carbocycles. The van der Waals surface area contributed by atoms with E-state index < -0.39 is 11.7 Å². The maximum atomic E-state index is 12.4. The summed E-state index contributed by atoms with van der Waals surface area (Å²) in [4.78, 5) is 16.2. The average molecular weight is 433 g/mol. The third-order valence-electron chi connectivity index (χ3n) is 5.38. The number of aliphatic hydroxyl groups is 2. The van der Waals surface area contributed by atoms with Crippen LogP contribution in [0.25, 0.3) is 0 Å². The summed E-state index contributed by atoms with van der Waals surface area (Å²) >= 11 is 11.9. The lowest BCUT2D eigenvalue weighted by molar-refractivity contribution is -0.143. The maximum Gasteiger partial charge on any atom is 0.260 e. The molecule has 1 aromatic carbocycles. The summed E-state index contributed by atoms with van der Waals surface area (Å²) in [7, 11) is 0. The molecule has 2 N–H and O–H groups in total. The maximum absolute atomic E-state index is 12.4. The summed E-state index contributed by atoms with van der Waals surface area (Å²) in [5, 5.41) is 21.9. The molecule has 2 aliphatic heterocycles. The van der Waals surface area contributed by atoms with Gasteiger partial charge in [-0.3, -0.25) is 9.69 Å². The van der Waals surface area contributed by atoms with Crippen LogP contribution in [0.4, 0.5) is 0 Å². The number of ether oxygens (including phenoxy) is 2. The fourth-order valence-corrected chi connectivity index (χ4v) is 3.94. The van der Waals surface area contributed by atoms with E-state index in [0.29, 0.717) is 74.6 Å². The van der Waals surface area contributed by atoms with Gasteiger partial charge in [-0.1, -0.05) is 23.2 Å². The molecule has 0 aromatic heterocycles. The van der Waals surface area contributed by atoms with Crippen LogP contribution in [-0.2, 0) is 9.53 Å². The molecule has 2 fully saturated rings. The van der Waals surface area contributed by atoms with Crippen LogP contribution in [0, 0.1) is 0 Å². The molecule has 2 saturated heterocycles. The molecular weight excluding hydrogens is 407 g/mol. The fraction of sp³-hybridized carbons (Fsp3) is 0.632. The minimum atomic E-state index is -1.09. The average Bonchev–Trinajstić information content (AvgIpc) is 2.68. The van der Waals surface area contributed by atoms with E-state index in [2.05, 4.69) is 4.90 Å². The number of carbonyl (C=O) groups excluding carboxylic acids is 1. The molecular formula is C19H26Cl2N2O5. The predicted molar refractivity (Wildman–Crippen MR) is 106 cm³/mol. The monoisotopic (exact) mass is 432 g/mol. The van der Waals surface area contributed by atoms with Crippen molar-refractivity contribution in [3.8, 4) is 5.75 Å². The Bertz CT molecular complexity index is 676. The second-order valence-electron chi connectivity index (χ2n) is 7.28. The van der Waals surface area contributed by atoms with E-state index in [9.17, 15) is 15.0 Å². The van der Waals surface area contributed by atoms with Crippen LogP contribution in [0.15, 0.2) is 18.2 Å². The van der Waals surface area contributed by atoms with Gasteiger partial charge in [0.05, 0.1) is 16.7 Å². The Balaban J connectivity index is 1.42. The molecule has 0 bridgehead atoms. The first kappa shape index (κ1) is 21.6. The number of β-amino-alcohol motifs (C(OH)–C–C–N with tert-alkyl or cyclic N) is 1. The molecule has 1 amide bonds. The minimum absolute atomic E-state index is 0.0935. The topological polar surface area (TPSA) is 82.5 Å². The predicted octanol–water partition coefficient (Wildman–Crippen LogP) is 1.42. The van der Waals surface area contributed by atoms with Crippen LogP contribution in [0.1, 0.15) is 12.8 Å². The standard InChI is InChI=1S/C19H26Cl2N2O5/c20-14-1-2-16(15(21)11-14)28-13-18(25)23-7-5-22(6-8-23)12-17(24)19(26)3-9-27-10-4-19/h1-2,11,17,24,26H,3-10,12-13H2. The van der Waals surface area contributed by atoms with Gasteiger partial charge in [-0.15, -0.1) is 0 Å². The third kappa shape index (κ3) is 5.49. The zero-order chi connectivity index (χ0) is 20.1. The number of carbonyl (C=O) groups is 1. The highest BCUT2D eigenvalue weighted by atomic mass is 35.5. The fourth-order valence-electron chi connectivity index (χ4n) is 3.48. The van der Waals surface area contributed by atoms with Gasteiger partial charge in [-0.25, -0.2) is 0 Å². The number of rotatable bonds is 6. The second kappa shape index (κ2) is 9.61. The van der Waals surface area contributed by atoms with Crippen molar-refractivity contribution in [1.82, 2.24) is 9.80 Å². The highest BCUT2D eigenvalue weighted by Gasteiger charge is 2.38. The van der Waals surface area contributed by atoms with Gasteiger partial charge in [0, 0.05) is 63.8 Å². The van der Waals surface area contributed by atoms with E-state index in [4.69, 9.17) is 32.7 Å². The number of piperazine rings is 1. The molecule has 2 aliphatic rings. The van der Waals surface area contributed by atoms with Gasteiger partial charge < -0.3 is 24.6 Å². The molecule has 0 spiro atoms. The van der Waals surface area contributed by atoms with Gasteiger partial charge in [-0.05, 0) is 18.2 Å². The Morgan fingerprint density at radius 2 is 1.89 bits per heavy atom. The van der Waals surface area contributed by atoms with Crippen molar-refractivity contribution in [2.45, 2.75) is 24.5 Å². The third-order valence-corrected chi connectivity index (χ3v) is 5.91. The summed E-state index contributed by atoms with van der Waals surface area (Å²) in [6.07, 6.45) is 0.0584. The molecule has 28 heavy (non-hydrogen) atoms. The molecule has 9 heteroatoms. The van der Waals surface area contributed by atoms with Crippen LogP contribution >= 0.6 is 23.2 Å². The quantitative estimate of drug-likeness (QED) is 0.707. The normalized spacial score (nSPS) is 21.4. The first-order valence-electron chi connectivity index (χ1n) is 9.43. The van der Waals surface area contributed by atoms with E-state index in [-0.39, 0.29) is 12.5 Å². The Hall–Kier alpha value is -1.09. The van der Waals surface area contributed by atoms with Gasteiger partial charge in [0.2, 0.25) is 0 Å². The molecule has 156 valence electrons. The molecule has 7 nitrogen and oxygen atoms in total. The second-order valence-corrected chi connectivity index (χ2v) is 8.12. The SMILES string of the molecule is O=C(COc1ccc(Cl)cc1Cl)N1CCN(CC(O)C2(O)CCOCC2)CC1. The zero-order valence-electron chi connectivity index (χ0n) is 15.6. The summed E-state index contributed by atoms with van der Waals surface area (Å²) in [5.74, 6) is 0.306. The van der Waals surface area contributed by atoms with Crippen molar-refractivity contribution in [2.75, 3.05) is 52.5 Å². The van der Waals surface area contributed by atoms with E-state index in [1.165, 1.54) is 0 Å². The van der Waals surface area contributed by atoms with Crippen molar-refractivity contribution >= 4 is 29.1 Å².